The molecule has 0 heterocycles. The molecule has 0 aromatic heterocycles. The number of carbonyl (C=O) groups excluding carboxylic acids is 1. The molecule has 1 nitrogen and oxygen atoms in total. The molecule has 3 heteroatoms. The van der Waals surface area contributed by atoms with Gasteiger partial charge in [0.2, 0.25) is 0 Å². The normalized spacial score (nSPS) is 9.83. The molecule has 0 spiro atoms. The number of carbonyl (C=O) groups is 1. The molecule has 0 atom stereocenters. The SMILES string of the molecule is O=C(CF)c1ccc(CF)cc1. The van der Waals surface area contributed by atoms with Crippen LogP contribution in [0.5, 0.6) is 0 Å². The first-order chi connectivity index (χ1) is 5.77. The Morgan fingerprint density at radius 3 is 2.17 bits per heavy atom. The van der Waals surface area contributed by atoms with Crippen LogP contribution in [0.4, 0.5) is 8.78 Å². The molecule has 0 bridgehead atoms. The van der Waals surface area contributed by atoms with Crippen molar-refractivity contribution < 1.29 is 13.6 Å². The summed E-state index contributed by atoms with van der Waals surface area (Å²) in [6.07, 6.45) is 0. The largest absolute Gasteiger partial charge is 0.291 e. The molecule has 1 aromatic carbocycles. The minimum Gasteiger partial charge on any atom is -0.291 e. The Hall–Kier alpha value is -1.25. The summed E-state index contributed by atoms with van der Waals surface area (Å²) in [4.78, 5) is 10.7. The van der Waals surface area contributed by atoms with Crippen LogP contribution in [0.3, 0.4) is 0 Å². The number of alkyl halides is 2. The van der Waals surface area contributed by atoms with Gasteiger partial charge >= 0.3 is 0 Å². The lowest BCUT2D eigenvalue weighted by molar-refractivity contribution is 0.0958. The quantitative estimate of drug-likeness (QED) is 0.636. The third-order valence-electron chi connectivity index (χ3n) is 1.55. The van der Waals surface area contributed by atoms with E-state index >= 15 is 0 Å². The molecule has 0 unspecified atom stereocenters. The minimum atomic E-state index is -1.00. The van der Waals surface area contributed by atoms with Crippen LogP contribution in [0.25, 0.3) is 0 Å². The number of rotatable bonds is 3. The minimum absolute atomic E-state index is 0.287. The average Bonchev–Trinajstić information content (AvgIpc) is 2.17. The van der Waals surface area contributed by atoms with Crippen LogP contribution in [-0.4, -0.2) is 12.5 Å². The second kappa shape index (κ2) is 3.95. The van der Waals surface area contributed by atoms with Gasteiger partial charge in [-0.1, -0.05) is 24.3 Å². The van der Waals surface area contributed by atoms with Gasteiger partial charge in [-0.3, -0.25) is 4.79 Å². The Labute approximate surface area is 69.0 Å². The average molecular weight is 170 g/mol. The monoisotopic (exact) mass is 170 g/mol. The summed E-state index contributed by atoms with van der Waals surface area (Å²) in [6, 6.07) is 5.80. The van der Waals surface area contributed by atoms with Gasteiger partial charge in [-0.15, -0.1) is 0 Å². The standard InChI is InChI=1S/C9H8F2O/c10-5-7-1-3-8(4-2-7)9(12)6-11/h1-4H,5-6H2. The summed E-state index contributed by atoms with van der Waals surface area (Å²) in [5.41, 5.74) is 0.778. The number of benzene rings is 1. The third-order valence-corrected chi connectivity index (χ3v) is 1.55. The molecule has 0 aliphatic carbocycles. The Morgan fingerprint density at radius 1 is 1.17 bits per heavy atom. The van der Waals surface area contributed by atoms with E-state index in [4.69, 9.17) is 0 Å². The van der Waals surface area contributed by atoms with Crippen LogP contribution < -0.4 is 0 Å². The van der Waals surface area contributed by atoms with Crippen LogP contribution in [0, 0.1) is 0 Å². The molecule has 0 aliphatic heterocycles. The van der Waals surface area contributed by atoms with Gasteiger partial charge in [-0.25, -0.2) is 8.78 Å². The van der Waals surface area contributed by atoms with Crippen molar-refractivity contribution in [2.24, 2.45) is 0 Å². The predicted molar refractivity (Wildman–Crippen MR) is 41.6 cm³/mol. The number of hydrogen-bond donors (Lipinski definition) is 0. The van der Waals surface area contributed by atoms with Crippen LogP contribution in [0.2, 0.25) is 0 Å². The first-order valence-corrected chi connectivity index (χ1v) is 3.52. The highest BCUT2D eigenvalue weighted by Gasteiger charge is 2.03. The molecule has 1 rings (SSSR count). The van der Waals surface area contributed by atoms with Crippen LogP contribution in [0.15, 0.2) is 24.3 Å². The summed E-state index contributed by atoms with van der Waals surface area (Å²) < 4.78 is 23.8. The number of halogens is 2. The van der Waals surface area contributed by atoms with E-state index in [1.807, 2.05) is 0 Å². The smallest absolute Gasteiger partial charge is 0.193 e. The molecule has 0 fully saturated rings. The topological polar surface area (TPSA) is 17.1 Å². The Kier molecular flexibility index (Phi) is 2.91. The van der Waals surface area contributed by atoms with Crippen molar-refractivity contribution in [3.63, 3.8) is 0 Å². The zero-order valence-electron chi connectivity index (χ0n) is 6.39. The molecule has 0 saturated heterocycles. The van der Waals surface area contributed by atoms with Gasteiger partial charge in [0.15, 0.2) is 12.5 Å². The molecule has 64 valence electrons. The molecule has 12 heavy (non-hydrogen) atoms. The second-order valence-electron chi connectivity index (χ2n) is 2.39. The first kappa shape index (κ1) is 8.84. The summed E-state index contributed by atoms with van der Waals surface area (Å²) in [7, 11) is 0. The van der Waals surface area contributed by atoms with Gasteiger partial charge < -0.3 is 0 Å². The van der Waals surface area contributed by atoms with Crippen LogP contribution >= 0.6 is 0 Å². The lowest BCUT2D eigenvalue weighted by Crippen LogP contribution is -2.00. The van der Waals surface area contributed by atoms with Gasteiger partial charge in [0.05, 0.1) is 0 Å². The number of Topliss-reactive ketones (excluding diaryl/α,β-unsaturated/α-hetero) is 1. The summed E-state index contributed by atoms with van der Waals surface area (Å²) in [5, 5.41) is 0. The lowest BCUT2D eigenvalue weighted by atomic mass is 10.1. The van der Waals surface area contributed by atoms with E-state index in [1.54, 1.807) is 0 Å². The fraction of sp³-hybridized carbons (Fsp3) is 0.222. The molecular formula is C9H8F2O. The third kappa shape index (κ3) is 1.87. The van der Waals surface area contributed by atoms with E-state index in [0.717, 1.165) is 0 Å². The van der Waals surface area contributed by atoms with E-state index < -0.39 is 19.1 Å². The first-order valence-electron chi connectivity index (χ1n) is 3.52. The maximum Gasteiger partial charge on any atom is 0.193 e. The van der Waals surface area contributed by atoms with E-state index in [0.29, 0.717) is 5.56 Å². The fourth-order valence-electron chi connectivity index (χ4n) is 0.857. The molecule has 0 saturated carbocycles. The van der Waals surface area contributed by atoms with E-state index in [9.17, 15) is 13.6 Å². The zero-order valence-corrected chi connectivity index (χ0v) is 6.39. The van der Waals surface area contributed by atoms with Crippen molar-refractivity contribution in [2.75, 3.05) is 6.67 Å². The van der Waals surface area contributed by atoms with Crippen molar-refractivity contribution in [1.82, 2.24) is 0 Å². The highest BCUT2D eigenvalue weighted by molar-refractivity contribution is 5.96. The summed E-state index contributed by atoms with van der Waals surface area (Å²) >= 11 is 0. The van der Waals surface area contributed by atoms with Gasteiger partial charge in [-0.2, -0.15) is 0 Å². The Morgan fingerprint density at radius 2 is 1.75 bits per heavy atom. The van der Waals surface area contributed by atoms with Gasteiger partial charge in [-0.05, 0) is 5.56 Å². The number of hydrogen-bond acceptors (Lipinski definition) is 1. The Balaban J connectivity index is 2.84. The van der Waals surface area contributed by atoms with Crippen molar-refractivity contribution in [1.29, 1.82) is 0 Å². The van der Waals surface area contributed by atoms with E-state index in [2.05, 4.69) is 0 Å². The molecule has 0 aliphatic rings. The molecule has 0 amide bonds. The summed E-state index contributed by atoms with van der Waals surface area (Å²) in [6.45, 7) is -1.57. The van der Waals surface area contributed by atoms with Gasteiger partial charge in [0.25, 0.3) is 0 Å². The highest BCUT2D eigenvalue weighted by Crippen LogP contribution is 2.06. The fourth-order valence-corrected chi connectivity index (χ4v) is 0.857. The van der Waals surface area contributed by atoms with E-state index in [-0.39, 0.29) is 5.56 Å². The van der Waals surface area contributed by atoms with Crippen molar-refractivity contribution in [3.8, 4) is 0 Å². The van der Waals surface area contributed by atoms with Crippen molar-refractivity contribution in [3.05, 3.63) is 35.4 Å². The van der Waals surface area contributed by atoms with Crippen LogP contribution in [0.1, 0.15) is 15.9 Å². The van der Waals surface area contributed by atoms with Gasteiger partial charge in [0, 0.05) is 5.56 Å². The second-order valence-corrected chi connectivity index (χ2v) is 2.39. The molecular weight excluding hydrogens is 162 g/mol. The predicted octanol–water partition coefficient (Wildman–Crippen LogP) is 2.31. The molecule has 0 N–H and O–H groups in total. The van der Waals surface area contributed by atoms with E-state index in [1.165, 1.54) is 24.3 Å². The van der Waals surface area contributed by atoms with Crippen molar-refractivity contribution in [2.45, 2.75) is 6.67 Å². The lowest BCUT2D eigenvalue weighted by Gasteiger charge is -1.96. The molecule has 1 aromatic rings. The number of ketones is 1. The Bertz CT molecular complexity index is 266. The maximum atomic E-state index is 12.0. The zero-order chi connectivity index (χ0) is 8.97. The summed E-state index contributed by atoms with van der Waals surface area (Å²) in [5.74, 6) is -0.569. The molecule has 0 radical (unpaired) electrons. The highest BCUT2D eigenvalue weighted by atomic mass is 19.1. The van der Waals surface area contributed by atoms with Crippen molar-refractivity contribution >= 4 is 5.78 Å². The van der Waals surface area contributed by atoms with Crippen LogP contribution in [-0.2, 0) is 6.67 Å². The maximum absolute atomic E-state index is 12.0. The van der Waals surface area contributed by atoms with Gasteiger partial charge in [0.1, 0.15) is 6.67 Å².